The molecule has 0 N–H and O–H groups in total. The predicted molar refractivity (Wildman–Crippen MR) is 106 cm³/mol. The highest BCUT2D eigenvalue weighted by Gasteiger charge is 2.13. The fraction of sp³-hybridized carbons (Fsp3) is 0.737. The largest absolute Gasteiger partial charge is 0.255 e. The summed E-state index contributed by atoms with van der Waals surface area (Å²) >= 11 is 14.4. The van der Waals surface area contributed by atoms with E-state index < -0.39 is 0 Å². The van der Waals surface area contributed by atoms with Gasteiger partial charge in [0.15, 0.2) is 0 Å². The van der Waals surface area contributed by atoms with Gasteiger partial charge >= 0.3 is 0 Å². The number of nitrogens with zero attached hydrogens (tertiary/aromatic N) is 1. The van der Waals surface area contributed by atoms with E-state index in [9.17, 15) is 0 Å². The van der Waals surface area contributed by atoms with Crippen molar-refractivity contribution in [3.8, 4) is 0 Å². The van der Waals surface area contributed by atoms with Gasteiger partial charge in [0, 0.05) is 4.90 Å². The van der Waals surface area contributed by atoms with E-state index in [0.717, 1.165) is 32.1 Å². The Hall–Kier alpha value is 0.0800. The number of hydrogen-bond donors (Lipinski definition) is 0. The number of aromatic nitrogens is 1. The van der Waals surface area contributed by atoms with Crippen LogP contribution in [0.4, 0.5) is 0 Å². The second-order valence-electron chi connectivity index (χ2n) is 6.27. The zero-order chi connectivity index (χ0) is 17.1. The highest BCUT2D eigenvalue weighted by atomic mass is 35.5. The van der Waals surface area contributed by atoms with Crippen LogP contribution in [0.25, 0.3) is 0 Å². The van der Waals surface area contributed by atoms with Crippen LogP contribution < -0.4 is 0 Å². The Kier molecular flexibility index (Phi) is 11.4. The molecule has 0 aliphatic carbocycles. The average molecular weight is 376 g/mol. The lowest BCUT2D eigenvalue weighted by Crippen LogP contribution is -1.93. The number of thioether (sulfide) groups is 1. The molecule has 1 aromatic rings. The average Bonchev–Trinajstić information content (AvgIpc) is 2.53. The van der Waals surface area contributed by atoms with Gasteiger partial charge in [0.1, 0.15) is 0 Å². The molecule has 0 atom stereocenters. The van der Waals surface area contributed by atoms with Crippen LogP contribution in [0.2, 0.25) is 10.0 Å². The van der Waals surface area contributed by atoms with E-state index in [4.69, 9.17) is 23.2 Å². The lowest BCUT2D eigenvalue weighted by molar-refractivity contribution is 0.563. The first kappa shape index (κ1) is 21.1. The standard InChI is InChI=1S/C19H31Cl2NS/c1-4-5-6-7-8-9-10-11-12-13-14-23-19-17(20)15(2)22-16(3)18(19)21/h4-14H2,1-3H3. The molecule has 0 saturated carbocycles. The second kappa shape index (κ2) is 12.4. The Balaban J connectivity index is 2.12. The molecule has 0 saturated heterocycles. The van der Waals surface area contributed by atoms with Crippen molar-refractivity contribution in [1.29, 1.82) is 0 Å². The number of hydrogen-bond acceptors (Lipinski definition) is 2. The van der Waals surface area contributed by atoms with Crippen molar-refractivity contribution in [3.05, 3.63) is 21.4 Å². The fourth-order valence-electron chi connectivity index (χ4n) is 2.67. The maximum atomic E-state index is 6.34. The third kappa shape index (κ3) is 8.14. The van der Waals surface area contributed by atoms with Gasteiger partial charge < -0.3 is 0 Å². The van der Waals surface area contributed by atoms with Gasteiger partial charge in [0.25, 0.3) is 0 Å². The van der Waals surface area contributed by atoms with Crippen molar-refractivity contribution in [2.24, 2.45) is 0 Å². The maximum absolute atomic E-state index is 6.34. The van der Waals surface area contributed by atoms with Gasteiger partial charge in [-0.3, -0.25) is 4.98 Å². The molecule has 0 aromatic carbocycles. The summed E-state index contributed by atoms with van der Waals surface area (Å²) in [5.74, 6) is 1.08. The van der Waals surface area contributed by atoms with E-state index in [1.807, 2.05) is 13.8 Å². The van der Waals surface area contributed by atoms with Gasteiger partial charge in [-0.25, -0.2) is 0 Å². The van der Waals surface area contributed by atoms with Gasteiger partial charge in [-0.05, 0) is 26.0 Å². The minimum absolute atomic E-state index is 0.720. The van der Waals surface area contributed by atoms with Crippen molar-refractivity contribution in [3.63, 3.8) is 0 Å². The normalized spacial score (nSPS) is 11.2. The lowest BCUT2D eigenvalue weighted by Gasteiger charge is -2.10. The number of aryl methyl sites for hydroxylation is 2. The molecule has 0 spiro atoms. The Labute approximate surface area is 156 Å². The van der Waals surface area contributed by atoms with Crippen molar-refractivity contribution in [2.75, 3.05) is 5.75 Å². The van der Waals surface area contributed by atoms with Crippen LogP contribution in [0.1, 0.15) is 82.5 Å². The van der Waals surface area contributed by atoms with E-state index in [1.165, 1.54) is 64.2 Å². The van der Waals surface area contributed by atoms with Crippen LogP contribution in [0.3, 0.4) is 0 Å². The highest BCUT2D eigenvalue weighted by Crippen LogP contribution is 2.37. The molecule has 0 amide bonds. The Morgan fingerprint density at radius 3 is 1.65 bits per heavy atom. The molecule has 1 nitrogen and oxygen atoms in total. The van der Waals surface area contributed by atoms with Crippen LogP contribution in [0, 0.1) is 13.8 Å². The Morgan fingerprint density at radius 1 is 0.739 bits per heavy atom. The monoisotopic (exact) mass is 375 g/mol. The fourth-order valence-corrected chi connectivity index (χ4v) is 4.42. The molecule has 0 aliphatic heterocycles. The summed E-state index contributed by atoms with van der Waals surface area (Å²) in [5, 5.41) is 1.44. The summed E-state index contributed by atoms with van der Waals surface area (Å²) in [6, 6.07) is 0. The summed E-state index contributed by atoms with van der Waals surface area (Å²) < 4.78 is 0. The summed E-state index contributed by atoms with van der Waals surface area (Å²) in [4.78, 5) is 5.37. The van der Waals surface area contributed by atoms with Gasteiger partial charge in [-0.15, -0.1) is 11.8 Å². The number of pyridine rings is 1. The first-order valence-electron chi connectivity index (χ1n) is 9.03. The first-order chi connectivity index (χ1) is 11.1. The molecule has 1 rings (SSSR count). The SMILES string of the molecule is CCCCCCCCCCCCSc1c(Cl)c(C)nc(C)c1Cl. The molecule has 1 heterocycles. The van der Waals surface area contributed by atoms with E-state index >= 15 is 0 Å². The van der Waals surface area contributed by atoms with Crippen LogP contribution in [-0.2, 0) is 0 Å². The van der Waals surface area contributed by atoms with Crippen LogP contribution in [0.5, 0.6) is 0 Å². The van der Waals surface area contributed by atoms with E-state index in [0.29, 0.717) is 0 Å². The van der Waals surface area contributed by atoms with Crippen molar-refractivity contribution in [1.82, 2.24) is 4.98 Å². The quantitative estimate of drug-likeness (QED) is 0.270. The molecular weight excluding hydrogens is 345 g/mol. The van der Waals surface area contributed by atoms with E-state index in [2.05, 4.69) is 11.9 Å². The van der Waals surface area contributed by atoms with E-state index in [-0.39, 0.29) is 0 Å². The number of rotatable bonds is 12. The number of unbranched alkanes of at least 4 members (excludes halogenated alkanes) is 9. The molecule has 0 fully saturated rings. The Bertz CT molecular complexity index is 437. The van der Waals surface area contributed by atoms with Gasteiger partial charge in [0.05, 0.1) is 21.4 Å². The minimum Gasteiger partial charge on any atom is -0.255 e. The van der Waals surface area contributed by atoms with Crippen LogP contribution in [-0.4, -0.2) is 10.7 Å². The van der Waals surface area contributed by atoms with Crippen molar-refractivity contribution >= 4 is 35.0 Å². The molecule has 0 radical (unpaired) electrons. The van der Waals surface area contributed by atoms with Gasteiger partial charge in [0.2, 0.25) is 0 Å². The summed E-state index contributed by atoms with van der Waals surface area (Å²) in [6.07, 6.45) is 13.6. The van der Waals surface area contributed by atoms with Crippen LogP contribution >= 0.6 is 35.0 Å². The lowest BCUT2D eigenvalue weighted by atomic mass is 10.1. The molecule has 0 aliphatic rings. The summed E-state index contributed by atoms with van der Waals surface area (Å²) in [5.41, 5.74) is 1.75. The molecular formula is C19H31Cl2NS. The van der Waals surface area contributed by atoms with Crippen molar-refractivity contribution < 1.29 is 0 Å². The van der Waals surface area contributed by atoms with Gasteiger partial charge in [-0.2, -0.15) is 0 Å². The van der Waals surface area contributed by atoms with Crippen molar-refractivity contribution in [2.45, 2.75) is 89.9 Å². The molecule has 4 heteroatoms. The Morgan fingerprint density at radius 2 is 1.17 bits per heavy atom. The smallest absolute Gasteiger partial charge is 0.0769 e. The van der Waals surface area contributed by atoms with Crippen LogP contribution in [0.15, 0.2) is 4.90 Å². The maximum Gasteiger partial charge on any atom is 0.0769 e. The van der Waals surface area contributed by atoms with E-state index in [1.54, 1.807) is 11.8 Å². The minimum atomic E-state index is 0.720. The predicted octanol–water partition coefficient (Wildman–Crippen LogP) is 8.02. The molecule has 0 unspecified atom stereocenters. The first-order valence-corrected chi connectivity index (χ1v) is 10.8. The molecule has 1 aromatic heterocycles. The molecule has 23 heavy (non-hydrogen) atoms. The number of halogens is 2. The topological polar surface area (TPSA) is 12.9 Å². The summed E-state index contributed by atoms with van der Waals surface area (Å²) in [7, 11) is 0. The van der Waals surface area contributed by atoms with Gasteiger partial charge in [-0.1, -0.05) is 87.9 Å². The zero-order valence-electron chi connectivity index (χ0n) is 14.9. The highest BCUT2D eigenvalue weighted by molar-refractivity contribution is 7.99. The zero-order valence-corrected chi connectivity index (χ0v) is 17.2. The molecule has 0 bridgehead atoms. The second-order valence-corrected chi connectivity index (χ2v) is 8.13. The third-order valence-electron chi connectivity index (χ3n) is 4.11. The molecule has 132 valence electrons. The summed E-state index contributed by atoms with van der Waals surface area (Å²) in [6.45, 7) is 6.15. The third-order valence-corrected chi connectivity index (χ3v) is 6.45.